The number of hydrogen-bond donors (Lipinski definition) is 1. The van der Waals surface area contributed by atoms with Gasteiger partial charge in [-0.1, -0.05) is 5.21 Å². The summed E-state index contributed by atoms with van der Waals surface area (Å²) in [7, 11) is 0. The second-order valence-electron chi connectivity index (χ2n) is 3.46. The molecule has 4 nitrogen and oxygen atoms in total. The SMILES string of the molecule is CC(C)n1cc(CCCCO)nn1. The smallest absolute Gasteiger partial charge is 0.0827 e. The molecule has 1 aromatic rings. The fraction of sp³-hybridized carbons (Fsp3) is 0.778. The second-order valence-corrected chi connectivity index (χ2v) is 3.46. The van der Waals surface area contributed by atoms with Crippen molar-refractivity contribution in [2.24, 2.45) is 0 Å². The van der Waals surface area contributed by atoms with Gasteiger partial charge in [0.05, 0.1) is 5.69 Å². The van der Waals surface area contributed by atoms with Gasteiger partial charge in [-0.05, 0) is 33.1 Å². The Hall–Kier alpha value is -0.900. The number of aromatic nitrogens is 3. The zero-order chi connectivity index (χ0) is 9.68. The van der Waals surface area contributed by atoms with Gasteiger partial charge in [0.2, 0.25) is 0 Å². The van der Waals surface area contributed by atoms with Crippen molar-refractivity contribution >= 4 is 0 Å². The topological polar surface area (TPSA) is 50.9 Å². The van der Waals surface area contributed by atoms with Crippen molar-refractivity contribution in [1.29, 1.82) is 0 Å². The molecule has 0 aliphatic rings. The van der Waals surface area contributed by atoms with Gasteiger partial charge in [0, 0.05) is 18.8 Å². The molecular formula is C9H17N3O. The van der Waals surface area contributed by atoms with Crippen LogP contribution in [0.4, 0.5) is 0 Å². The van der Waals surface area contributed by atoms with E-state index in [4.69, 9.17) is 5.11 Å². The maximum absolute atomic E-state index is 8.60. The lowest BCUT2D eigenvalue weighted by Gasteiger charge is -2.00. The molecular weight excluding hydrogens is 166 g/mol. The predicted molar refractivity (Wildman–Crippen MR) is 50.4 cm³/mol. The molecule has 13 heavy (non-hydrogen) atoms. The highest BCUT2D eigenvalue weighted by Crippen LogP contribution is 2.05. The molecule has 4 heteroatoms. The molecule has 0 unspecified atom stereocenters. The van der Waals surface area contributed by atoms with E-state index in [2.05, 4.69) is 24.2 Å². The van der Waals surface area contributed by atoms with Crippen LogP contribution in [0.15, 0.2) is 6.20 Å². The number of hydrogen-bond acceptors (Lipinski definition) is 3. The normalized spacial score (nSPS) is 11.1. The van der Waals surface area contributed by atoms with Crippen molar-refractivity contribution in [2.45, 2.75) is 39.2 Å². The molecule has 0 spiro atoms. The highest BCUT2D eigenvalue weighted by molar-refractivity contribution is 4.92. The van der Waals surface area contributed by atoms with Crippen LogP contribution in [0.5, 0.6) is 0 Å². The monoisotopic (exact) mass is 183 g/mol. The summed E-state index contributed by atoms with van der Waals surface area (Å²) in [4.78, 5) is 0. The van der Waals surface area contributed by atoms with Crippen LogP contribution in [-0.2, 0) is 6.42 Å². The molecule has 0 amide bonds. The summed E-state index contributed by atoms with van der Waals surface area (Å²) in [5, 5.41) is 16.6. The fourth-order valence-electron chi connectivity index (χ4n) is 1.10. The summed E-state index contributed by atoms with van der Waals surface area (Å²) in [6.07, 6.45) is 4.71. The van der Waals surface area contributed by atoms with E-state index in [1.54, 1.807) is 0 Å². The maximum Gasteiger partial charge on any atom is 0.0827 e. The quantitative estimate of drug-likeness (QED) is 0.697. The first-order valence-electron chi connectivity index (χ1n) is 4.75. The zero-order valence-corrected chi connectivity index (χ0v) is 8.27. The molecule has 0 saturated carbocycles. The number of aryl methyl sites for hydroxylation is 1. The molecule has 0 radical (unpaired) electrons. The van der Waals surface area contributed by atoms with Gasteiger partial charge in [0.1, 0.15) is 0 Å². The second kappa shape index (κ2) is 4.97. The van der Waals surface area contributed by atoms with Crippen LogP contribution in [0.2, 0.25) is 0 Å². The Morgan fingerprint density at radius 1 is 1.46 bits per heavy atom. The van der Waals surface area contributed by atoms with Crippen LogP contribution in [0, 0.1) is 0 Å². The average molecular weight is 183 g/mol. The third kappa shape index (κ3) is 3.14. The number of nitrogens with zero attached hydrogens (tertiary/aromatic N) is 3. The summed E-state index contributed by atoms with van der Waals surface area (Å²) >= 11 is 0. The first-order valence-corrected chi connectivity index (χ1v) is 4.75. The lowest BCUT2D eigenvalue weighted by molar-refractivity contribution is 0.284. The number of aliphatic hydroxyl groups excluding tert-OH is 1. The van der Waals surface area contributed by atoms with E-state index in [9.17, 15) is 0 Å². The van der Waals surface area contributed by atoms with Crippen LogP contribution in [0.1, 0.15) is 38.4 Å². The molecule has 1 heterocycles. The van der Waals surface area contributed by atoms with Crippen molar-refractivity contribution in [3.8, 4) is 0 Å². The molecule has 0 bridgehead atoms. The highest BCUT2D eigenvalue weighted by atomic mass is 16.2. The van der Waals surface area contributed by atoms with Gasteiger partial charge in [0.25, 0.3) is 0 Å². The minimum absolute atomic E-state index is 0.262. The molecule has 74 valence electrons. The van der Waals surface area contributed by atoms with Crippen LogP contribution in [0.25, 0.3) is 0 Å². The molecule has 1 rings (SSSR count). The molecule has 0 saturated heterocycles. The van der Waals surface area contributed by atoms with Gasteiger partial charge in [-0.25, -0.2) is 4.68 Å². The minimum atomic E-state index is 0.262. The van der Waals surface area contributed by atoms with E-state index in [1.807, 2.05) is 10.9 Å². The molecule has 0 fully saturated rings. The van der Waals surface area contributed by atoms with Crippen LogP contribution in [-0.4, -0.2) is 26.7 Å². The summed E-state index contributed by atoms with van der Waals surface area (Å²) in [5.41, 5.74) is 1.02. The maximum atomic E-state index is 8.60. The zero-order valence-electron chi connectivity index (χ0n) is 8.27. The van der Waals surface area contributed by atoms with Crippen molar-refractivity contribution in [1.82, 2.24) is 15.0 Å². The lowest BCUT2D eigenvalue weighted by Crippen LogP contribution is -2.00. The Balaban J connectivity index is 2.40. The fourth-order valence-corrected chi connectivity index (χ4v) is 1.10. The molecule has 0 aliphatic carbocycles. The number of unbranched alkanes of at least 4 members (excludes halogenated alkanes) is 1. The Labute approximate surface area is 78.6 Å². The summed E-state index contributed by atoms with van der Waals surface area (Å²) in [6, 6.07) is 0.374. The Kier molecular flexibility index (Phi) is 3.89. The Bertz CT molecular complexity index is 245. The van der Waals surface area contributed by atoms with Gasteiger partial charge in [0.15, 0.2) is 0 Å². The van der Waals surface area contributed by atoms with Crippen molar-refractivity contribution in [3.63, 3.8) is 0 Å². The Morgan fingerprint density at radius 2 is 2.23 bits per heavy atom. The number of rotatable bonds is 5. The van der Waals surface area contributed by atoms with Crippen LogP contribution >= 0.6 is 0 Å². The Morgan fingerprint density at radius 3 is 2.77 bits per heavy atom. The highest BCUT2D eigenvalue weighted by Gasteiger charge is 2.02. The first kappa shape index (κ1) is 10.2. The van der Waals surface area contributed by atoms with Gasteiger partial charge in [-0.15, -0.1) is 5.10 Å². The summed E-state index contributed by atoms with van der Waals surface area (Å²) in [6.45, 7) is 4.41. The van der Waals surface area contributed by atoms with Crippen LogP contribution < -0.4 is 0 Å². The van der Waals surface area contributed by atoms with Gasteiger partial charge < -0.3 is 5.11 Å². The molecule has 1 N–H and O–H groups in total. The third-order valence-corrected chi connectivity index (χ3v) is 1.93. The molecule has 0 atom stereocenters. The third-order valence-electron chi connectivity index (χ3n) is 1.93. The average Bonchev–Trinajstić information content (AvgIpc) is 2.53. The van der Waals surface area contributed by atoms with Gasteiger partial charge in [-0.3, -0.25) is 0 Å². The van der Waals surface area contributed by atoms with Crippen LogP contribution in [0.3, 0.4) is 0 Å². The standard InChI is InChI=1S/C9H17N3O/c1-8(2)12-7-9(10-11-12)5-3-4-6-13/h7-8,13H,3-6H2,1-2H3. The first-order chi connectivity index (χ1) is 6.24. The minimum Gasteiger partial charge on any atom is -0.396 e. The largest absolute Gasteiger partial charge is 0.396 e. The van der Waals surface area contributed by atoms with Gasteiger partial charge >= 0.3 is 0 Å². The van der Waals surface area contributed by atoms with E-state index in [1.165, 1.54) is 0 Å². The van der Waals surface area contributed by atoms with E-state index >= 15 is 0 Å². The van der Waals surface area contributed by atoms with Crippen molar-refractivity contribution in [2.75, 3.05) is 6.61 Å². The lowest BCUT2D eigenvalue weighted by atomic mass is 10.2. The predicted octanol–water partition coefficient (Wildman–Crippen LogP) is 1.17. The summed E-state index contributed by atoms with van der Waals surface area (Å²) < 4.78 is 1.86. The molecule has 0 aliphatic heterocycles. The number of aliphatic hydroxyl groups is 1. The molecule has 1 aromatic heterocycles. The van der Waals surface area contributed by atoms with Crippen molar-refractivity contribution < 1.29 is 5.11 Å². The van der Waals surface area contributed by atoms with Crippen molar-refractivity contribution in [3.05, 3.63) is 11.9 Å². The van der Waals surface area contributed by atoms with E-state index in [0.29, 0.717) is 6.04 Å². The van der Waals surface area contributed by atoms with E-state index < -0.39 is 0 Å². The molecule has 0 aromatic carbocycles. The van der Waals surface area contributed by atoms with E-state index in [0.717, 1.165) is 25.0 Å². The summed E-state index contributed by atoms with van der Waals surface area (Å²) in [5.74, 6) is 0. The van der Waals surface area contributed by atoms with E-state index in [-0.39, 0.29) is 6.61 Å². The van der Waals surface area contributed by atoms with Gasteiger partial charge in [-0.2, -0.15) is 0 Å².